The first kappa shape index (κ1) is 20.3. The molecule has 156 valence electrons. The van der Waals surface area contributed by atoms with Gasteiger partial charge < -0.3 is 15.2 Å². The number of nitrogens with one attached hydrogen (secondary N) is 2. The number of piperidine rings is 1. The third kappa shape index (κ3) is 4.43. The molecular formula is C22H23FN4O2S. The summed E-state index contributed by atoms with van der Waals surface area (Å²) in [5.41, 5.74) is 1.46. The second kappa shape index (κ2) is 8.79. The monoisotopic (exact) mass is 426 g/mol. The molecule has 4 rings (SSSR count). The summed E-state index contributed by atoms with van der Waals surface area (Å²) < 4.78 is 13.6. The number of rotatable bonds is 5. The van der Waals surface area contributed by atoms with Gasteiger partial charge in [-0.05, 0) is 43.5 Å². The zero-order valence-corrected chi connectivity index (χ0v) is 17.5. The van der Waals surface area contributed by atoms with Crippen molar-refractivity contribution in [3.63, 3.8) is 0 Å². The Balaban J connectivity index is 1.53. The molecule has 3 heterocycles. The van der Waals surface area contributed by atoms with E-state index in [1.165, 1.54) is 30.4 Å². The number of aromatic amines is 1. The minimum atomic E-state index is -0.300. The SMILES string of the molecule is CC(=O)NCc1ccc(C(=O)N2CCCCC2c2ncc(-c3cccc(F)c3)[nH]2)s1. The first-order chi connectivity index (χ1) is 14.5. The number of carbonyl (C=O) groups is 2. The van der Waals surface area contributed by atoms with Gasteiger partial charge in [-0.2, -0.15) is 0 Å². The van der Waals surface area contributed by atoms with Gasteiger partial charge in [-0.25, -0.2) is 9.37 Å². The van der Waals surface area contributed by atoms with Gasteiger partial charge in [-0.3, -0.25) is 9.59 Å². The standard InChI is InChI=1S/C22H23FN4O2S/c1-14(28)24-12-17-8-9-20(30-17)22(29)27-10-3-2-7-19(27)21-25-13-18(26-21)15-5-4-6-16(23)11-15/h4-6,8-9,11,13,19H,2-3,7,10,12H2,1H3,(H,24,28)(H,25,26). The van der Waals surface area contributed by atoms with Crippen LogP contribution in [0.2, 0.25) is 0 Å². The predicted octanol–water partition coefficient (Wildman–Crippen LogP) is 4.28. The van der Waals surface area contributed by atoms with Gasteiger partial charge in [0.15, 0.2) is 0 Å². The molecular weight excluding hydrogens is 403 g/mol. The molecule has 1 fully saturated rings. The van der Waals surface area contributed by atoms with Crippen LogP contribution in [0.1, 0.15) is 52.6 Å². The topological polar surface area (TPSA) is 78.1 Å². The molecule has 2 amide bonds. The van der Waals surface area contributed by atoms with Crippen LogP contribution in [0, 0.1) is 5.82 Å². The fraction of sp³-hybridized carbons (Fsp3) is 0.318. The van der Waals surface area contributed by atoms with Crippen LogP contribution >= 0.6 is 11.3 Å². The summed E-state index contributed by atoms with van der Waals surface area (Å²) in [6, 6.07) is 9.91. The summed E-state index contributed by atoms with van der Waals surface area (Å²) in [4.78, 5) is 35.6. The van der Waals surface area contributed by atoms with Gasteiger partial charge >= 0.3 is 0 Å². The molecule has 8 heteroatoms. The number of halogens is 1. The van der Waals surface area contributed by atoms with Gasteiger partial charge in [-0.1, -0.05) is 12.1 Å². The van der Waals surface area contributed by atoms with Crippen molar-refractivity contribution in [2.45, 2.75) is 38.8 Å². The Morgan fingerprint density at radius 1 is 1.30 bits per heavy atom. The highest BCUT2D eigenvalue weighted by molar-refractivity contribution is 7.14. The van der Waals surface area contributed by atoms with E-state index in [4.69, 9.17) is 0 Å². The molecule has 0 spiro atoms. The number of amides is 2. The van der Waals surface area contributed by atoms with Crippen LogP contribution in [0.5, 0.6) is 0 Å². The smallest absolute Gasteiger partial charge is 0.264 e. The van der Waals surface area contributed by atoms with E-state index in [0.29, 0.717) is 18.0 Å². The van der Waals surface area contributed by atoms with Gasteiger partial charge in [0.1, 0.15) is 11.6 Å². The molecule has 0 saturated carbocycles. The van der Waals surface area contributed by atoms with E-state index in [1.807, 2.05) is 23.1 Å². The summed E-state index contributed by atoms with van der Waals surface area (Å²) in [7, 11) is 0. The zero-order chi connectivity index (χ0) is 21.1. The Bertz CT molecular complexity index is 1060. The first-order valence-corrected chi connectivity index (χ1v) is 10.8. The van der Waals surface area contributed by atoms with Gasteiger partial charge in [0.25, 0.3) is 5.91 Å². The Kier molecular flexibility index (Phi) is 5.94. The summed E-state index contributed by atoms with van der Waals surface area (Å²) in [5.74, 6) is 0.296. The zero-order valence-electron chi connectivity index (χ0n) is 16.7. The van der Waals surface area contributed by atoms with Gasteiger partial charge in [-0.15, -0.1) is 11.3 Å². The minimum absolute atomic E-state index is 0.0255. The van der Waals surface area contributed by atoms with E-state index in [1.54, 1.807) is 12.3 Å². The molecule has 1 saturated heterocycles. The first-order valence-electron chi connectivity index (χ1n) is 9.96. The van der Waals surface area contributed by atoms with Crippen molar-refractivity contribution in [3.05, 3.63) is 64.0 Å². The highest BCUT2D eigenvalue weighted by Gasteiger charge is 2.31. The minimum Gasteiger partial charge on any atom is -0.351 e. The van der Waals surface area contributed by atoms with E-state index >= 15 is 0 Å². The number of likely N-dealkylation sites (tertiary alicyclic amines) is 1. The summed E-state index contributed by atoms with van der Waals surface area (Å²) in [5, 5.41) is 2.76. The number of carbonyl (C=O) groups excluding carboxylic acids is 2. The third-order valence-electron chi connectivity index (χ3n) is 5.19. The van der Waals surface area contributed by atoms with Crippen molar-refractivity contribution >= 4 is 23.2 Å². The molecule has 30 heavy (non-hydrogen) atoms. The normalized spacial score (nSPS) is 16.5. The molecule has 2 aromatic heterocycles. The predicted molar refractivity (Wildman–Crippen MR) is 113 cm³/mol. The maximum Gasteiger partial charge on any atom is 0.264 e. The number of nitrogens with zero attached hydrogens (tertiary/aromatic N) is 2. The summed E-state index contributed by atoms with van der Waals surface area (Å²) >= 11 is 1.40. The largest absolute Gasteiger partial charge is 0.351 e. The van der Waals surface area contributed by atoms with Crippen LogP contribution in [-0.2, 0) is 11.3 Å². The fourth-order valence-electron chi connectivity index (χ4n) is 3.71. The summed E-state index contributed by atoms with van der Waals surface area (Å²) in [6.45, 7) is 2.56. The second-order valence-corrected chi connectivity index (χ2v) is 8.55. The second-order valence-electron chi connectivity index (χ2n) is 7.38. The summed E-state index contributed by atoms with van der Waals surface area (Å²) in [6.07, 6.45) is 4.48. The van der Waals surface area contributed by atoms with E-state index < -0.39 is 0 Å². The maximum atomic E-state index is 13.6. The van der Waals surface area contributed by atoms with Gasteiger partial charge in [0.2, 0.25) is 5.91 Å². The maximum absolute atomic E-state index is 13.6. The molecule has 6 nitrogen and oxygen atoms in total. The third-order valence-corrected chi connectivity index (χ3v) is 6.27. The lowest BCUT2D eigenvalue weighted by Gasteiger charge is -2.34. The molecule has 3 aromatic rings. The van der Waals surface area contributed by atoms with E-state index in [0.717, 1.165) is 41.2 Å². The Labute approximate surface area is 178 Å². The van der Waals surface area contributed by atoms with Crippen LogP contribution in [0.15, 0.2) is 42.6 Å². The molecule has 0 aliphatic carbocycles. The molecule has 1 atom stereocenters. The van der Waals surface area contributed by atoms with Crippen molar-refractivity contribution in [2.24, 2.45) is 0 Å². The van der Waals surface area contributed by atoms with Gasteiger partial charge in [0, 0.05) is 23.9 Å². The lowest BCUT2D eigenvalue weighted by Crippen LogP contribution is -2.38. The molecule has 1 aromatic carbocycles. The van der Waals surface area contributed by atoms with Crippen molar-refractivity contribution in [1.29, 1.82) is 0 Å². The lowest BCUT2D eigenvalue weighted by atomic mass is 10.0. The number of thiophene rings is 1. The number of aromatic nitrogens is 2. The van der Waals surface area contributed by atoms with Crippen molar-refractivity contribution in [3.8, 4) is 11.3 Å². The lowest BCUT2D eigenvalue weighted by molar-refractivity contribution is -0.119. The molecule has 1 unspecified atom stereocenters. The van der Waals surface area contributed by atoms with E-state index in [2.05, 4.69) is 15.3 Å². The number of imidazole rings is 1. The van der Waals surface area contributed by atoms with Gasteiger partial charge in [0.05, 0.1) is 29.4 Å². The van der Waals surface area contributed by atoms with Crippen molar-refractivity contribution in [1.82, 2.24) is 20.2 Å². The van der Waals surface area contributed by atoms with Crippen LogP contribution in [0.25, 0.3) is 11.3 Å². The fourth-order valence-corrected chi connectivity index (χ4v) is 4.61. The number of hydrogen-bond donors (Lipinski definition) is 2. The van der Waals surface area contributed by atoms with E-state index in [-0.39, 0.29) is 23.7 Å². The molecule has 2 N–H and O–H groups in total. The highest BCUT2D eigenvalue weighted by Crippen LogP contribution is 2.33. The van der Waals surface area contributed by atoms with E-state index in [9.17, 15) is 14.0 Å². The van der Waals surface area contributed by atoms with Crippen LogP contribution < -0.4 is 5.32 Å². The highest BCUT2D eigenvalue weighted by atomic mass is 32.1. The Morgan fingerprint density at radius 3 is 2.97 bits per heavy atom. The average Bonchev–Trinajstić information content (AvgIpc) is 3.42. The molecule has 1 aliphatic heterocycles. The van der Waals surface area contributed by atoms with Crippen molar-refractivity contribution in [2.75, 3.05) is 6.54 Å². The van der Waals surface area contributed by atoms with Crippen LogP contribution in [0.3, 0.4) is 0 Å². The Hall–Kier alpha value is -3.00. The number of H-pyrrole nitrogens is 1. The quantitative estimate of drug-likeness (QED) is 0.639. The van der Waals surface area contributed by atoms with Crippen molar-refractivity contribution < 1.29 is 14.0 Å². The molecule has 0 bridgehead atoms. The number of benzene rings is 1. The number of hydrogen-bond acceptors (Lipinski definition) is 4. The van der Waals surface area contributed by atoms with Crippen LogP contribution in [-0.4, -0.2) is 33.2 Å². The molecule has 0 radical (unpaired) electrons. The van der Waals surface area contributed by atoms with Crippen LogP contribution in [0.4, 0.5) is 4.39 Å². The Morgan fingerprint density at radius 2 is 2.17 bits per heavy atom. The average molecular weight is 427 g/mol. The molecule has 1 aliphatic rings.